The van der Waals surface area contributed by atoms with Gasteiger partial charge in [-0.15, -0.1) is 11.3 Å². The van der Waals surface area contributed by atoms with Gasteiger partial charge in [-0.05, 0) is 17.4 Å². The number of alkyl halides is 1. The molecule has 0 unspecified atom stereocenters. The van der Waals surface area contributed by atoms with Crippen LogP contribution in [-0.2, 0) is 0 Å². The third kappa shape index (κ3) is 5.54. The molecule has 0 aliphatic rings. The number of thiophene rings is 1. The molecule has 0 spiro atoms. The molecule has 4 heteroatoms. The van der Waals surface area contributed by atoms with E-state index in [-0.39, 0.29) is 0 Å². The molecule has 0 aliphatic heterocycles. The molecule has 0 aromatic carbocycles. The average Bonchev–Trinajstić information content (AvgIpc) is 2.58. The van der Waals surface area contributed by atoms with E-state index in [1.807, 2.05) is 13.0 Å². The fourth-order valence-corrected chi connectivity index (χ4v) is 1.93. The molecule has 0 amide bonds. The van der Waals surface area contributed by atoms with Gasteiger partial charge >= 0.3 is 0 Å². The van der Waals surface area contributed by atoms with Gasteiger partial charge in [-0.2, -0.15) is 0 Å². The summed E-state index contributed by atoms with van der Waals surface area (Å²) in [5.41, 5.74) is 12.4. The van der Waals surface area contributed by atoms with Gasteiger partial charge in [-0.25, -0.2) is 0 Å². The fraction of sp³-hybridized carbons (Fsp3) is 0.333. The van der Waals surface area contributed by atoms with E-state index in [1.165, 1.54) is 4.43 Å². The van der Waals surface area contributed by atoms with Gasteiger partial charge in [0.15, 0.2) is 0 Å². The molecule has 0 aliphatic carbocycles. The average molecular weight is 348 g/mol. The summed E-state index contributed by atoms with van der Waals surface area (Å²) in [6.07, 6.45) is 0. The summed E-state index contributed by atoms with van der Waals surface area (Å²) < 4.78 is 1.22. The summed E-state index contributed by atoms with van der Waals surface area (Å²) in [6.45, 7) is 8.19. The minimum atomic E-state index is 0.385. The molecule has 1 aromatic rings. The van der Waals surface area contributed by atoms with Crippen LogP contribution in [0.5, 0.6) is 0 Å². The van der Waals surface area contributed by atoms with Crippen LogP contribution in [0, 0.1) is 18.8 Å². The molecule has 16 heavy (non-hydrogen) atoms. The SMILES string of the molecule is C=C(N)c1cc(C#CCN)sc1C.CCI. The summed E-state index contributed by atoms with van der Waals surface area (Å²) in [5, 5.41) is 0. The number of hydrogen-bond donors (Lipinski definition) is 2. The summed E-state index contributed by atoms with van der Waals surface area (Å²) in [5.74, 6) is 5.77. The summed E-state index contributed by atoms with van der Waals surface area (Å²) in [6, 6.07) is 1.95. The Balaban J connectivity index is 0.000000673. The predicted octanol–water partition coefficient (Wildman–Crippen LogP) is 2.74. The van der Waals surface area contributed by atoms with E-state index >= 15 is 0 Å². The Morgan fingerprint density at radius 2 is 2.19 bits per heavy atom. The lowest BCUT2D eigenvalue weighted by Gasteiger charge is -1.93. The van der Waals surface area contributed by atoms with Crippen LogP contribution in [0.2, 0.25) is 0 Å². The normalized spacial score (nSPS) is 8.50. The number of aryl methyl sites for hydroxylation is 1. The second-order valence-electron chi connectivity index (χ2n) is 2.88. The molecule has 1 aromatic heterocycles. The van der Waals surface area contributed by atoms with Crippen LogP contribution >= 0.6 is 33.9 Å². The zero-order valence-corrected chi connectivity index (χ0v) is 12.6. The van der Waals surface area contributed by atoms with Crippen molar-refractivity contribution in [1.82, 2.24) is 0 Å². The van der Waals surface area contributed by atoms with Crippen molar-refractivity contribution in [2.24, 2.45) is 11.5 Å². The largest absolute Gasteiger partial charge is 0.399 e. The first kappa shape index (κ1) is 15.5. The van der Waals surface area contributed by atoms with Crippen LogP contribution in [-0.4, -0.2) is 11.0 Å². The third-order valence-electron chi connectivity index (χ3n) is 1.58. The van der Waals surface area contributed by atoms with Crippen molar-refractivity contribution in [3.05, 3.63) is 28.0 Å². The van der Waals surface area contributed by atoms with Gasteiger partial charge < -0.3 is 11.5 Å². The minimum Gasteiger partial charge on any atom is -0.399 e. The Labute approximate surface area is 115 Å². The quantitative estimate of drug-likeness (QED) is 0.466. The maximum Gasteiger partial charge on any atom is 0.0778 e. The highest BCUT2D eigenvalue weighted by molar-refractivity contribution is 14.1. The molecule has 0 saturated heterocycles. The van der Waals surface area contributed by atoms with Crippen LogP contribution in [0.25, 0.3) is 5.70 Å². The third-order valence-corrected chi connectivity index (χ3v) is 2.54. The van der Waals surface area contributed by atoms with Crippen molar-refractivity contribution >= 4 is 39.6 Å². The van der Waals surface area contributed by atoms with Crippen LogP contribution in [0.15, 0.2) is 12.6 Å². The molecular formula is C12H17IN2S. The molecule has 4 N–H and O–H groups in total. The Morgan fingerprint density at radius 3 is 2.56 bits per heavy atom. The zero-order chi connectivity index (χ0) is 12.6. The molecule has 0 saturated carbocycles. The van der Waals surface area contributed by atoms with E-state index in [0.717, 1.165) is 15.3 Å². The molecule has 2 nitrogen and oxygen atoms in total. The maximum atomic E-state index is 5.60. The second-order valence-corrected chi connectivity index (χ2v) is 5.66. The van der Waals surface area contributed by atoms with Crippen molar-refractivity contribution in [3.63, 3.8) is 0 Å². The second kappa shape index (κ2) is 8.62. The zero-order valence-electron chi connectivity index (χ0n) is 9.64. The molecular weight excluding hydrogens is 331 g/mol. The van der Waals surface area contributed by atoms with Gasteiger partial charge in [0.1, 0.15) is 0 Å². The van der Waals surface area contributed by atoms with E-state index in [0.29, 0.717) is 12.2 Å². The Kier molecular flexibility index (Phi) is 8.35. The highest BCUT2D eigenvalue weighted by atomic mass is 127. The van der Waals surface area contributed by atoms with Gasteiger partial charge in [-0.3, -0.25) is 0 Å². The Morgan fingerprint density at radius 1 is 1.62 bits per heavy atom. The lowest BCUT2D eigenvalue weighted by Crippen LogP contribution is -1.93. The molecule has 88 valence electrons. The van der Waals surface area contributed by atoms with Gasteiger partial charge in [0.05, 0.1) is 11.4 Å². The van der Waals surface area contributed by atoms with E-state index < -0.39 is 0 Å². The maximum absolute atomic E-state index is 5.60. The van der Waals surface area contributed by atoms with Crippen molar-refractivity contribution in [2.45, 2.75) is 13.8 Å². The Hall–Kier alpha value is -0.510. The molecule has 0 fully saturated rings. The van der Waals surface area contributed by atoms with Crippen LogP contribution in [0.1, 0.15) is 22.2 Å². The summed E-state index contributed by atoms with van der Waals surface area (Å²) in [4.78, 5) is 2.14. The smallest absolute Gasteiger partial charge is 0.0778 e. The summed E-state index contributed by atoms with van der Waals surface area (Å²) >= 11 is 3.90. The van der Waals surface area contributed by atoms with Gasteiger partial charge in [0, 0.05) is 16.1 Å². The highest BCUT2D eigenvalue weighted by Gasteiger charge is 2.03. The first-order valence-corrected chi connectivity index (χ1v) is 7.21. The first-order valence-electron chi connectivity index (χ1n) is 4.86. The van der Waals surface area contributed by atoms with Crippen LogP contribution in [0.3, 0.4) is 0 Å². The van der Waals surface area contributed by atoms with E-state index in [1.54, 1.807) is 11.3 Å². The van der Waals surface area contributed by atoms with Gasteiger partial charge in [0.25, 0.3) is 0 Å². The number of halogens is 1. The highest BCUT2D eigenvalue weighted by Crippen LogP contribution is 2.23. The van der Waals surface area contributed by atoms with Crippen molar-refractivity contribution in [2.75, 3.05) is 11.0 Å². The topological polar surface area (TPSA) is 52.0 Å². The predicted molar refractivity (Wildman–Crippen MR) is 82.8 cm³/mol. The summed E-state index contributed by atoms with van der Waals surface area (Å²) in [7, 11) is 0. The standard InChI is InChI=1S/C10H12N2S.C2H5I/c1-7(12)10-6-9(4-3-5-11)13-8(10)2;1-2-3/h6H,1,5,11-12H2,2H3;2H2,1H3. The van der Waals surface area contributed by atoms with Gasteiger partial charge in [-0.1, -0.05) is 47.9 Å². The molecule has 0 bridgehead atoms. The van der Waals surface area contributed by atoms with E-state index in [9.17, 15) is 0 Å². The van der Waals surface area contributed by atoms with Crippen molar-refractivity contribution in [3.8, 4) is 11.8 Å². The van der Waals surface area contributed by atoms with Crippen LogP contribution in [0.4, 0.5) is 0 Å². The fourth-order valence-electron chi connectivity index (χ4n) is 1.00. The first-order chi connectivity index (χ1) is 7.56. The monoisotopic (exact) mass is 348 g/mol. The van der Waals surface area contributed by atoms with E-state index in [4.69, 9.17) is 11.5 Å². The van der Waals surface area contributed by atoms with E-state index in [2.05, 4.69) is 47.9 Å². The molecule has 0 radical (unpaired) electrons. The number of hydrogen-bond acceptors (Lipinski definition) is 3. The lowest BCUT2D eigenvalue weighted by molar-refractivity contribution is 1.30. The van der Waals surface area contributed by atoms with Gasteiger partial charge in [0.2, 0.25) is 0 Å². The van der Waals surface area contributed by atoms with Crippen molar-refractivity contribution < 1.29 is 0 Å². The lowest BCUT2D eigenvalue weighted by atomic mass is 10.2. The number of nitrogens with two attached hydrogens (primary N) is 2. The van der Waals surface area contributed by atoms with Crippen LogP contribution < -0.4 is 11.5 Å². The minimum absolute atomic E-state index is 0.385. The molecule has 1 heterocycles. The van der Waals surface area contributed by atoms with Crippen molar-refractivity contribution in [1.29, 1.82) is 0 Å². The Bertz CT molecular complexity index is 399. The molecule has 0 atom stereocenters. The molecule has 1 rings (SSSR count). The number of rotatable bonds is 1.